The molecule has 0 atom stereocenters. The van der Waals surface area contributed by atoms with Gasteiger partial charge in [-0.05, 0) is 42.5 Å². The number of nitrogens with one attached hydrogen (secondary N) is 2. The summed E-state index contributed by atoms with van der Waals surface area (Å²) < 4.78 is 0. The van der Waals surface area contributed by atoms with Gasteiger partial charge in [-0.3, -0.25) is 9.78 Å². The standard InChI is InChI=1S/C19H15N5O/c1-12(25)18-11-13-10-14(5-6-15(13)23-18)22-19-21-9-7-17(24-19)16-4-2-3-8-20-16/h2-11,23H,1H3,(H,21,22,24). The van der Waals surface area contributed by atoms with Crippen LogP contribution < -0.4 is 5.32 Å². The lowest BCUT2D eigenvalue weighted by Gasteiger charge is -2.06. The molecule has 4 rings (SSSR count). The van der Waals surface area contributed by atoms with Crippen molar-refractivity contribution in [2.75, 3.05) is 5.32 Å². The molecule has 0 saturated heterocycles. The van der Waals surface area contributed by atoms with E-state index in [1.807, 2.05) is 48.5 Å². The molecule has 0 amide bonds. The number of carbonyl (C=O) groups is 1. The predicted octanol–water partition coefficient (Wildman–Crippen LogP) is 3.97. The molecule has 6 nitrogen and oxygen atoms in total. The van der Waals surface area contributed by atoms with Crippen molar-refractivity contribution in [2.24, 2.45) is 0 Å². The molecular weight excluding hydrogens is 314 g/mol. The van der Waals surface area contributed by atoms with Crippen LogP contribution in [0.2, 0.25) is 0 Å². The van der Waals surface area contributed by atoms with E-state index in [9.17, 15) is 4.79 Å². The number of hydrogen-bond donors (Lipinski definition) is 2. The van der Waals surface area contributed by atoms with Gasteiger partial charge in [-0.1, -0.05) is 6.07 Å². The second kappa shape index (κ2) is 6.16. The van der Waals surface area contributed by atoms with Gasteiger partial charge in [-0.2, -0.15) is 0 Å². The van der Waals surface area contributed by atoms with Crippen molar-refractivity contribution < 1.29 is 4.79 Å². The maximum Gasteiger partial charge on any atom is 0.227 e. The molecule has 3 heterocycles. The highest BCUT2D eigenvalue weighted by Crippen LogP contribution is 2.23. The summed E-state index contributed by atoms with van der Waals surface area (Å²) in [4.78, 5) is 27.7. The summed E-state index contributed by atoms with van der Waals surface area (Å²) in [6.45, 7) is 1.54. The molecule has 2 N–H and O–H groups in total. The minimum absolute atomic E-state index is 0.0112. The van der Waals surface area contributed by atoms with Crippen LogP contribution in [-0.2, 0) is 0 Å². The zero-order valence-electron chi connectivity index (χ0n) is 13.5. The number of hydrogen-bond acceptors (Lipinski definition) is 5. The molecule has 0 unspecified atom stereocenters. The SMILES string of the molecule is CC(=O)c1cc2cc(Nc3nccc(-c4ccccn4)n3)ccc2[nH]1. The Morgan fingerprint density at radius 2 is 1.92 bits per heavy atom. The molecule has 6 heteroatoms. The van der Waals surface area contributed by atoms with Crippen molar-refractivity contribution >= 4 is 28.3 Å². The van der Waals surface area contributed by atoms with E-state index in [0.29, 0.717) is 11.6 Å². The number of H-pyrrole nitrogens is 1. The van der Waals surface area contributed by atoms with Crippen molar-refractivity contribution in [1.29, 1.82) is 0 Å². The van der Waals surface area contributed by atoms with E-state index in [1.165, 1.54) is 0 Å². The summed E-state index contributed by atoms with van der Waals surface area (Å²) in [6, 6.07) is 15.1. The normalized spacial score (nSPS) is 10.8. The van der Waals surface area contributed by atoms with Crippen LogP contribution in [0.4, 0.5) is 11.6 Å². The van der Waals surface area contributed by atoms with E-state index in [2.05, 4.69) is 25.3 Å². The van der Waals surface area contributed by atoms with Crippen LogP contribution in [0.5, 0.6) is 0 Å². The lowest BCUT2D eigenvalue weighted by molar-refractivity contribution is 0.101. The number of Topliss-reactive ketones (excluding diaryl/α,β-unsaturated/α-hetero) is 1. The van der Waals surface area contributed by atoms with E-state index in [4.69, 9.17) is 0 Å². The van der Waals surface area contributed by atoms with E-state index < -0.39 is 0 Å². The summed E-state index contributed by atoms with van der Waals surface area (Å²) in [5.41, 5.74) is 3.90. The summed E-state index contributed by atoms with van der Waals surface area (Å²) >= 11 is 0. The number of benzene rings is 1. The lowest BCUT2D eigenvalue weighted by atomic mass is 10.2. The summed E-state index contributed by atoms with van der Waals surface area (Å²) in [7, 11) is 0. The number of aromatic nitrogens is 4. The Labute approximate surface area is 144 Å². The van der Waals surface area contributed by atoms with Crippen molar-refractivity contribution in [3.8, 4) is 11.4 Å². The topological polar surface area (TPSA) is 83.6 Å². The number of ketones is 1. The lowest BCUT2D eigenvalue weighted by Crippen LogP contribution is -1.98. The Morgan fingerprint density at radius 1 is 1.00 bits per heavy atom. The first-order valence-corrected chi connectivity index (χ1v) is 7.84. The molecular formula is C19H15N5O. The average molecular weight is 329 g/mol. The summed E-state index contributed by atoms with van der Waals surface area (Å²) in [6.07, 6.45) is 3.43. The van der Waals surface area contributed by atoms with E-state index in [-0.39, 0.29) is 5.78 Å². The number of fused-ring (bicyclic) bond motifs is 1. The molecule has 25 heavy (non-hydrogen) atoms. The van der Waals surface area contributed by atoms with Gasteiger partial charge in [-0.15, -0.1) is 0 Å². The monoisotopic (exact) mass is 329 g/mol. The summed E-state index contributed by atoms with van der Waals surface area (Å²) in [5, 5.41) is 4.15. The second-order valence-corrected chi connectivity index (χ2v) is 5.65. The first-order valence-electron chi connectivity index (χ1n) is 7.84. The third-order valence-electron chi connectivity index (χ3n) is 3.84. The molecule has 3 aromatic heterocycles. The third-order valence-corrected chi connectivity index (χ3v) is 3.84. The highest BCUT2D eigenvalue weighted by molar-refractivity contribution is 5.98. The maximum absolute atomic E-state index is 11.5. The number of carbonyl (C=O) groups excluding carboxylic acids is 1. The molecule has 0 spiro atoms. The number of pyridine rings is 1. The molecule has 0 aliphatic carbocycles. The number of aromatic amines is 1. The van der Waals surface area contributed by atoms with E-state index in [0.717, 1.165) is 28.0 Å². The Balaban J connectivity index is 1.64. The average Bonchev–Trinajstić information content (AvgIpc) is 3.06. The first kappa shape index (κ1) is 15.0. The van der Waals surface area contributed by atoms with Gasteiger partial charge >= 0.3 is 0 Å². The molecule has 122 valence electrons. The minimum atomic E-state index is 0.0112. The fraction of sp³-hybridized carbons (Fsp3) is 0.0526. The molecule has 0 radical (unpaired) electrons. The van der Waals surface area contributed by atoms with Gasteiger partial charge in [0, 0.05) is 35.9 Å². The van der Waals surface area contributed by atoms with Gasteiger partial charge in [0.2, 0.25) is 5.95 Å². The van der Waals surface area contributed by atoms with Crippen LogP contribution >= 0.6 is 0 Å². The van der Waals surface area contributed by atoms with Crippen LogP contribution in [0.1, 0.15) is 17.4 Å². The Bertz CT molecular complexity index is 1060. The molecule has 0 saturated carbocycles. The molecule has 1 aromatic carbocycles. The van der Waals surface area contributed by atoms with Gasteiger partial charge in [0.05, 0.1) is 17.1 Å². The molecule has 0 bridgehead atoms. The third kappa shape index (κ3) is 3.10. The van der Waals surface area contributed by atoms with Crippen LogP contribution in [-0.4, -0.2) is 25.7 Å². The van der Waals surface area contributed by atoms with Crippen molar-refractivity contribution in [3.63, 3.8) is 0 Å². The molecule has 4 aromatic rings. The molecule has 0 aliphatic heterocycles. The zero-order valence-corrected chi connectivity index (χ0v) is 13.5. The maximum atomic E-state index is 11.5. The predicted molar refractivity (Wildman–Crippen MR) is 96.8 cm³/mol. The van der Waals surface area contributed by atoms with Gasteiger partial charge in [0.15, 0.2) is 5.78 Å². The van der Waals surface area contributed by atoms with Gasteiger partial charge in [-0.25, -0.2) is 9.97 Å². The largest absolute Gasteiger partial charge is 0.352 e. The van der Waals surface area contributed by atoms with Crippen molar-refractivity contribution in [3.05, 3.63) is 66.6 Å². The second-order valence-electron chi connectivity index (χ2n) is 5.65. The van der Waals surface area contributed by atoms with Crippen LogP contribution in [0.3, 0.4) is 0 Å². The zero-order chi connectivity index (χ0) is 17.2. The Morgan fingerprint density at radius 3 is 2.72 bits per heavy atom. The van der Waals surface area contributed by atoms with Crippen LogP contribution in [0, 0.1) is 0 Å². The number of rotatable bonds is 4. The first-order chi connectivity index (χ1) is 12.2. The minimum Gasteiger partial charge on any atom is -0.352 e. The van der Waals surface area contributed by atoms with Crippen molar-refractivity contribution in [1.82, 2.24) is 19.9 Å². The Kier molecular flexibility index (Phi) is 3.70. The molecule has 0 aliphatic rings. The quantitative estimate of drug-likeness (QED) is 0.554. The summed E-state index contributed by atoms with van der Waals surface area (Å²) in [5.74, 6) is 0.502. The fourth-order valence-corrected chi connectivity index (χ4v) is 2.61. The number of anilines is 2. The Hall–Kier alpha value is -3.54. The van der Waals surface area contributed by atoms with Crippen molar-refractivity contribution in [2.45, 2.75) is 6.92 Å². The van der Waals surface area contributed by atoms with Gasteiger partial charge in [0.25, 0.3) is 0 Å². The van der Waals surface area contributed by atoms with Gasteiger partial charge < -0.3 is 10.3 Å². The highest BCUT2D eigenvalue weighted by atomic mass is 16.1. The fourth-order valence-electron chi connectivity index (χ4n) is 2.61. The van der Waals surface area contributed by atoms with E-state index >= 15 is 0 Å². The molecule has 0 fully saturated rings. The van der Waals surface area contributed by atoms with E-state index in [1.54, 1.807) is 19.3 Å². The van der Waals surface area contributed by atoms with Crippen LogP contribution in [0.15, 0.2) is 60.9 Å². The number of nitrogens with zero attached hydrogens (tertiary/aromatic N) is 3. The van der Waals surface area contributed by atoms with Gasteiger partial charge in [0.1, 0.15) is 0 Å². The highest BCUT2D eigenvalue weighted by Gasteiger charge is 2.07. The van der Waals surface area contributed by atoms with Crippen LogP contribution in [0.25, 0.3) is 22.3 Å². The smallest absolute Gasteiger partial charge is 0.227 e.